The molecule has 0 saturated carbocycles. The van der Waals surface area contributed by atoms with E-state index in [0.29, 0.717) is 12.2 Å². The zero-order valence-corrected chi connectivity index (χ0v) is 11.2. The van der Waals surface area contributed by atoms with Crippen LogP contribution in [0.25, 0.3) is 11.6 Å². The maximum absolute atomic E-state index is 12.4. The van der Waals surface area contributed by atoms with Gasteiger partial charge in [-0.1, -0.05) is 18.5 Å². The predicted molar refractivity (Wildman–Crippen MR) is 66.0 cm³/mol. The van der Waals surface area contributed by atoms with Crippen LogP contribution in [0.15, 0.2) is 22.9 Å². The predicted octanol–water partition coefficient (Wildman–Crippen LogP) is 4.23. The Labute approximate surface area is 118 Å². The number of nitrogens with zero attached hydrogens (tertiary/aromatic N) is 3. The smallest absolute Gasteiger partial charge is 0.332 e. The van der Waals surface area contributed by atoms with Gasteiger partial charge < -0.3 is 4.52 Å². The molecular formula is C12H11ClF3N3O. The van der Waals surface area contributed by atoms with Gasteiger partial charge in [0.1, 0.15) is 5.69 Å². The first-order valence-electron chi connectivity index (χ1n) is 5.93. The van der Waals surface area contributed by atoms with E-state index in [9.17, 15) is 13.2 Å². The molecule has 2 rings (SSSR count). The molecule has 0 saturated heterocycles. The molecule has 108 valence electrons. The molecule has 4 nitrogen and oxygen atoms in total. The van der Waals surface area contributed by atoms with Crippen molar-refractivity contribution in [3.05, 3.63) is 29.7 Å². The maximum Gasteiger partial charge on any atom is 0.417 e. The summed E-state index contributed by atoms with van der Waals surface area (Å²) in [6, 6.07) is 2.10. The molecule has 0 spiro atoms. The summed E-state index contributed by atoms with van der Waals surface area (Å²) < 4.78 is 42.2. The lowest BCUT2D eigenvalue weighted by molar-refractivity contribution is -0.137. The molecule has 1 atom stereocenters. The molecule has 0 aromatic carbocycles. The average Bonchev–Trinajstić information content (AvgIpc) is 2.88. The number of pyridine rings is 1. The summed E-state index contributed by atoms with van der Waals surface area (Å²) in [7, 11) is 0. The van der Waals surface area contributed by atoms with Crippen molar-refractivity contribution in [2.75, 3.05) is 0 Å². The van der Waals surface area contributed by atoms with Gasteiger partial charge in [0.25, 0.3) is 5.89 Å². The van der Waals surface area contributed by atoms with Crippen LogP contribution in [0.1, 0.15) is 36.5 Å². The van der Waals surface area contributed by atoms with Gasteiger partial charge in [-0.05, 0) is 18.6 Å². The fraction of sp³-hybridized carbons (Fsp3) is 0.417. The Morgan fingerprint density at radius 3 is 2.65 bits per heavy atom. The van der Waals surface area contributed by atoms with Crippen molar-refractivity contribution < 1.29 is 17.7 Å². The van der Waals surface area contributed by atoms with E-state index in [1.165, 1.54) is 6.07 Å². The van der Waals surface area contributed by atoms with Crippen molar-refractivity contribution in [3.8, 4) is 11.6 Å². The number of alkyl halides is 4. The summed E-state index contributed by atoms with van der Waals surface area (Å²) in [5.41, 5.74) is -0.653. The highest BCUT2D eigenvalue weighted by atomic mass is 35.5. The average molecular weight is 306 g/mol. The largest absolute Gasteiger partial charge is 0.417 e. The number of aromatic nitrogens is 3. The lowest BCUT2D eigenvalue weighted by Crippen LogP contribution is -2.05. The van der Waals surface area contributed by atoms with Crippen LogP contribution < -0.4 is 0 Å². The highest BCUT2D eigenvalue weighted by Gasteiger charge is 2.31. The molecule has 0 N–H and O–H groups in total. The minimum absolute atomic E-state index is 0.0514. The normalized spacial score (nSPS) is 13.4. The van der Waals surface area contributed by atoms with Gasteiger partial charge in [-0.15, -0.1) is 11.6 Å². The van der Waals surface area contributed by atoms with Gasteiger partial charge in [-0.2, -0.15) is 18.2 Å². The van der Waals surface area contributed by atoms with Crippen molar-refractivity contribution in [3.63, 3.8) is 0 Å². The number of hydrogen-bond donors (Lipinski definition) is 0. The van der Waals surface area contributed by atoms with Crippen LogP contribution in [-0.4, -0.2) is 15.1 Å². The van der Waals surface area contributed by atoms with Crippen LogP contribution in [0.2, 0.25) is 0 Å². The van der Waals surface area contributed by atoms with Gasteiger partial charge in [-0.25, -0.2) is 0 Å². The van der Waals surface area contributed by atoms with E-state index < -0.39 is 11.7 Å². The van der Waals surface area contributed by atoms with E-state index in [2.05, 4.69) is 15.1 Å². The SMILES string of the molecule is CCCC(Cl)c1noc(-c2ccc(C(F)(F)F)cn2)n1. The Balaban J connectivity index is 2.20. The van der Waals surface area contributed by atoms with Crippen LogP contribution in [0.4, 0.5) is 13.2 Å². The van der Waals surface area contributed by atoms with Crippen LogP contribution in [0.3, 0.4) is 0 Å². The molecule has 2 heterocycles. The summed E-state index contributed by atoms with van der Waals surface area (Å²) >= 11 is 6.04. The highest BCUT2D eigenvalue weighted by molar-refractivity contribution is 6.20. The minimum atomic E-state index is -4.42. The van der Waals surface area contributed by atoms with Gasteiger partial charge in [0.2, 0.25) is 0 Å². The van der Waals surface area contributed by atoms with E-state index in [4.69, 9.17) is 16.1 Å². The molecule has 0 bridgehead atoms. The third-order valence-electron chi connectivity index (χ3n) is 2.57. The topological polar surface area (TPSA) is 51.8 Å². The van der Waals surface area contributed by atoms with E-state index in [1.54, 1.807) is 0 Å². The molecule has 0 aliphatic heterocycles. The number of rotatable bonds is 4. The second-order valence-corrected chi connectivity index (χ2v) is 4.67. The Kier molecular flexibility index (Phi) is 4.27. The van der Waals surface area contributed by atoms with Crippen LogP contribution >= 0.6 is 11.6 Å². The molecule has 0 radical (unpaired) electrons. The zero-order valence-electron chi connectivity index (χ0n) is 10.5. The van der Waals surface area contributed by atoms with Gasteiger partial charge in [0.05, 0.1) is 10.9 Å². The van der Waals surface area contributed by atoms with E-state index in [-0.39, 0.29) is 17.0 Å². The summed E-state index contributed by atoms with van der Waals surface area (Å²) in [5, 5.41) is 3.32. The molecule has 0 aliphatic carbocycles. The Hall–Kier alpha value is -1.63. The quantitative estimate of drug-likeness (QED) is 0.793. The lowest BCUT2D eigenvalue weighted by Gasteiger charge is -2.05. The van der Waals surface area contributed by atoms with Crippen molar-refractivity contribution in [2.45, 2.75) is 31.3 Å². The molecule has 20 heavy (non-hydrogen) atoms. The third-order valence-corrected chi connectivity index (χ3v) is 2.99. The van der Waals surface area contributed by atoms with Crippen molar-refractivity contribution in [1.29, 1.82) is 0 Å². The van der Waals surface area contributed by atoms with Crippen molar-refractivity contribution in [1.82, 2.24) is 15.1 Å². The fourth-order valence-electron chi connectivity index (χ4n) is 1.54. The maximum atomic E-state index is 12.4. The van der Waals surface area contributed by atoms with Gasteiger partial charge in [-0.3, -0.25) is 4.98 Å². The zero-order chi connectivity index (χ0) is 14.8. The minimum Gasteiger partial charge on any atom is -0.332 e. The molecular weight excluding hydrogens is 295 g/mol. The molecule has 1 unspecified atom stereocenters. The summed E-state index contributed by atoms with van der Waals surface area (Å²) in [6.07, 6.45) is -2.16. The summed E-state index contributed by atoms with van der Waals surface area (Å²) in [4.78, 5) is 7.71. The molecule has 0 fully saturated rings. The monoisotopic (exact) mass is 305 g/mol. The molecule has 8 heteroatoms. The molecule has 2 aromatic heterocycles. The second-order valence-electron chi connectivity index (χ2n) is 4.14. The Bertz CT molecular complexity index is 568. The van der Waals surface area contributed by atoms with Gasteiger partial charge in [0, 0.05) is 6.20 Å². The van der Waals surface area contributed by atoms with Gasteiger partial charge >= 0.3 is 6.18 Å². The summed E-state index contributed by atoms with van der Waals surface area (Å²) in [5.74, 6) is 0.362. The number of hydrogen-bond acceptors (Lipinski definition) is 4. The third kappa shape index (κ3) is 3.27. The molecule has 2 aromatic rings. The molecule has 0 aliphatic rings. The lowest BCUT2D eigenvalue weighted by atomic mass is 10.2. The van der Waals surface area contributed by atoms with Crippen molar-refractivity contribution in [2.24, 2.45) is 0 Å². The molecule has 0 amide bonds. The Morgan fingerprint density at radius 2 is 2.10 bits per heavy atom. The number of halogens is 4. The van der Waals surface area contributed by atoms with E-state index in [0.717, 1.165) is 18.7 Å². The van der Waals surface area contributed by atoms with Crippen LogP contribution in [0, 0.1) is 0 Å². The van der Waals surface area contributed by atoms with E-state index >= 15 is 0 Å². The first-order valence-corrected chi connectivity index (χ1v) is 6.36. The first kappa shape index (κ1) is 14.8. The standard InChI is InChI=1S/C12H11ClF3N3O/c1-2-3-8(13)10-18-11(20-19-10)9-5-4-7(6-17-9)12(14,15)16/h4-6,8H,2-3H2,1H3. The summed E-state index contributed by atoms with van der Waals surface area (Å²) in [6.45, 7) is 1.97. The van der Waals surface area contributed by atoms with Crippen molar-refractivity contribution >= 4 is 11.6 Å². The van der Waals surface area contributed by atoms with E-state index in [1.807, 2.05) is 6.92 Å². The Morgan fingerprint density at radius 1 is 1.35 bits per heavy atom. The fourth-order valence-corrected chi connectivity index (χ4v) is 1.84. The first-order chi connectivity index (χ1) is 9.41. The second kappa shape index (κ2) is 5.78. The van der Waals surface area contributed by atoms with Crippen LogP contribution in [0.5, 0.6) is 0 Å². The van der Waals surface area contributed by atoms with Crippen LogP contribution in [-0.2, 0) is 6.18 Å². The highest BCUT2D eigenvalue weighted by Crippen LogP contribution is 2.30. The van der Waals surface area contributed by atoms with Gasteiger partial charge in [0.15, 0.2) is 5.82 Å².